The number of allylic oxidation sites excluding steroid dienone is 1. The molecule has 8 heteroatoms. The van der Waals surface area contributed by atoms with E-state index in [1.165, 1.54) is 30.1 Å². The standard InChI is InChI=1S/C8H15S.6FH.Sb.3H/c1-2-3-6-9-7-4-5-8-9;;;;;;;;;;/h2-3H,4-8H2,1H3;6*1H;;;;/q+1;;;;;;;;;;/p-6. The second kappa shape index (κ2) is 29.6. The summed E-state index contributed by atoms with van der Waals surface area (Å²) in [4.78, 5) is 0. The second-order valence-electron chi connectivity index (χ2n) is 2.46. The molecule has 0 unspecified atom stereocenters. The van der Waals surface area contributed by atoms with Crippen molar-refractivity contribution in [3.63, 3.8) is 0 Å². The van der Waals surface area contributed by atoms with Crippen molar-refractivity contribution in [3.8, 4) is 0 Å². The molecule has 1 saturated heterocycles. The molecule has 1 aliphatic rings. The van der Waals surface area contributed by atoms with Gasteiger partial charge in [0.25, 0.3) is 0 Å². The van der Waals surface area contributed by atoms with E-state index in [9.17, 15) is 0 Å². The van der Waals surface area contributed by atoms with Crippen molar-refractivity contribution in [3.05, 3.63) is 12.2 Å². The van der Waals surface area contributed by atoms with Gasteiger partial charge in [-0.3, -0.25) is 0 Å². The molecular formula is C8H18F6SSb-5. The summed E-state index contributed by atoms with van der Waals surface area (Å²) in [5.74, 6) is 4.37. The number of halogens is 6. The predicted molar refractivity (Wildman–Crippen MR) is 56.0 cm³/mol. The van der Waals surface area contributed by atoms with Crippen molar-refractivity contribution in [2.45, 2.75) is 19.8 Å². The summed E-state index contributed by atoms with van der Waals surface area (Å²) in [6.45, 7) is 2.11. The fraction of sp³-hybridized carbons (Fsp3) is 0.750. The van der Waals surface area contributed by atoms with Crippen LogP contribution in [0.2, 0.25) is 0 Å². The molecule has 1 rings (SSSR count). The summed E-state index contributed by atoms with van der Waals surface area (Å²) >= 11 is 0. The molecule has 0 aliphatic carbocycles. The van der Waals surface area contributed by atoms with Gasteiger partial charge < -0.3 is 28.2 Å². The Kier molecular flexibility index (Phi) is 81.2. The van der Waals surface area contributed by atoms with E-state index in [1.54, 1.807) is 0 Å². The van der Waals surface area contributed by atoms with Crippen LogP contribution in [-0.4, -0.2) is 41.7 Å². The van der Waals surface area contributed by atoms with Crippen molar-refractivity contribution >= 4 is 35.3 Å². The zero-order chi connectivity index (χ0) is 6.53. The van der Waals surface area contributed by atoms with E-state index in [4.69, 9.17) is 0 Å². The quantitative estimate of drug-likeness (QED) is 0.193. The van der Waals surface area contributed by atoms with Crippen LogP contribution >= 0.6 is 0 Å². The first-order chi connectivity index (χ1) is 4.43. The van der Waals surface area contributed by atoms with Gasteiger partial charge in [0.1, 0.15) is 17.3 Å². The van der Waals surface area contributed by atoms with E-state index in [1.807, 2.05) is 0 Å². The van der Waals surface area contributed by atoms with Crippen LogP contribution in [0.3, 0.4) is 0 Å². The Morgan fingerprint density at radius 3 is 1.56 bits per heavy atom. The van der Waals surface area contributed by atoms with Crippen LogP contribution in [0, 0.1) is 0 Å². The average molecular weight is 382 g/mol. The van der Waals surface area contributed by atoms with E-state index >= 15 is 0 Å². The third kappa shape index (κ3) is 20.0. The predicted octanol–water partition coefficient (Wildman–Crippen LogP) is -17.2. The first kappa shape index (κ1) is 43.9. The molecule has 0 spiro atoms. The van der Waals surface area contributed by atoms with Gasteiger partial charge in [0.15, 0.2) is 0 Å². The molecule has 108 valence electrons. The van der Waals surface area contributed by atoms with Crippen LogP contribution in [0.1, 0.15) is 19.8 Å². The van der Waals surface area contributed by atoms with Crippen LogP contribution in [-0.2, 0) is 10.9 Å². The van der Waals surface area contributed by atoms with Crippen molar-refractivity contribution in [2.24, 2.45) is 0 Å². The van der Waals surface area contributed by atoms with Gasteiger partial charge >= 0.3 is 24.4 Å². The first-order valence-corrected chi connectivity index (χ1v) is 5.42. The Morgan fingerprint density at radius 1 is 0.875 bits per heavy atom. The van der Waals surface area contributed by atoms with E-state index in [0.717, 1.165) is 10.9 Å². The van der Waals surface area contributed by atoms with Gasteiger partial charge in [-0.05, 0) is 36.7 Å². The monoisotopic (exact) mass is 381 g/mol. The second-order valence-corrected chi connectivity index (χ2v) is 4.84. The van der Waals surface area contributed by atoms with Gasteiger partial charge in [0, 0.05) is 0 Å². The van der Waals surface area contributed by atoms with Gasteiger partial charge in [-0.1, -0.05) is 6.08 Å². The topological polar surface area (TPSA) is 0 Å². The number of hydrogen-bond donors (Lipinski definition) is 0. The van der Waals surface area contributed by atoms with Gasteiger partial charge in [-0.25, -0.2) is 0 Å². The minimum absolute atomic E-state index is 0. The van der Waals surface area contributed by atoms with Crippen molar-refractivity contribution in [2.75, 3.05) is 17.3 Å². The summed E-state index contributed by atoms with van der Waals surface area (Å²) in [6, 6.07) is 0. The molecule has 0 N–H and O–H groups in total. The molecule has 0 saturated carbocycles. The van der Waals surface area contributed by atoms with Crippen molar-refractivity contribution in [1.29, 1.82) is 0 Å². The molecule has 0 nitrogen and oxygen atoms in total. The Labute approximate surface area is 113 Å². The Bertz CT molecular complexity index is 111. The summed E-state index contributed by atoms with van der Waals surface area (Å²) in [6.07, 6.45) is 7.46. The molecule has 0 aromatic heterocycles. The zero-order valence-corrected chi connectivity index (χ0v) is 13.9. The number of rotatable bonds is 2. The molecule has 1 heterocycles. The normalized spacial score (nSPS) is 12.3. The molecule has 0 bridgehead atoms. The molecule has 1 aliphatic heterocycles. The van der Waals surface area contributed by atoms with Crippen LogP contribution in [0.5, 0.6) is 0 Å². The van der Waals surface area contributed by atoms with Gasteiger partial charge in [-0.15, -0.1) is 0 Å². The van der Waals surface area contributed by atoms with E-state index < -0.39 is 0 Å². The Morgan fingerprint density at radius 2 is 1.25 bits per heavy atom. The van der Waals surface area contributed by atoms with Gasteiger partial charge in [0.05, 0.1) is 0 Å². The van der Waals surface area contributed by atoms with E-state index in [2.05, 4.69) is 19.1 Å². The summed E-state index contributed by atoms with van der Waals surface area (Å²) < 4.78 is 0. The van der Waals surface area contributed by atoms with Crippen molar-refractivity contribution in [1.82, 2.24) is 0 Å². The fourth-order valence-corrected chi connectivity index (χ4v) is 3.34. The molecule has 0 aromatic rings. The molecule has 0 amide bonds. The van der Waals surface area contributed by atoms with Crippen LogP contribution in [0.15, 0.2) is 12.2 Å². The molecule has 0 radical (unpaired) electrons. The molecule has 16 heavy (non-hydrogen) atoms. The third-order valence-electron chi connectivity index (χ3n) is 1.68. The van der Waals surface area contributed by atoms with Crippen LogP contribution < -0.4 is 28.2 Å². The Hall–Kier alpha value is 0.488. The molecule has 0 atom stereocenters. The summed E-state index contributed by atoms with van der Waals surface area (Å²) in [5, 5.41) is 0. The third-order valence-corrected chi connectivity index (χ3v) is 4.08. The van der Waals surface area contributed by atoms with Gasteiger partial charge in [-0.2, -0.15) is 0 Å². The van der Waals surface area contributed by atoms with E-state index in [0.29, 0.717) is 0 Å². The van der Waals surface area contributed by atoms with Crippen LogP contribution in [0.25, 0.3) is 0 Å². The van der Waals surface area contributed by atoms with Crippen LogP contribution in [0.4, 0.5) is 0 Å². The average Bonchev–Trinajstić information content (AvgIpc) is 2.34. The fourth-order valence-electron chi connectivity index (χ4n) is 1.11. The maximum atomic E-state index is 2.31. The molecule has 1 fully saturated rings. The van der Waals surface area contributed by atoms with Gasteiger partial charge in [0.2, 0.25) is 0 Å². The summed E-state index contributed by atoms with van der Waals surface area (Å²) in [5.41, 5.74) is 0. The number of hydrogen-bond acceptors (Lipinski definition) is 0. The molecule has 0 aromatic carbocycles. The zero-order valence-electron chi connectivity index (χ0n) is 9.07. The van der Waals surface area contributed by atoms with E-state index in [-0.39, 0.29) is 52.7 Å². The van der Waals surface area contributed by atoms with Crippen molar-refractivity contribution < 1.29 is 28.2 Å². The Balaban J connectivity index is -0.0000000231. The first-order valence-electron chi connectivity index (χ1n) is 3.68. The summed E-state index contributed by atoms with van der Waals surface area (Å²) in [7, 11) is 0.786. The molecular weight excluding hydrogens is 364 g/mol. The SMILES string of the molecule is CC=CC[S+]1CCCC1.[F-].[F-].[F-].[F-].[F-].[F-].[SbH3]. The maximum absolute atomic E-state index is 2.31. The minimum atomic E-state index is 0.